The van der Waals surface area contributed by atoms with E-state index in [2.05, 4.69) is 15.4 Å². The van der Waals surface area contributed by atoms with Crippen LogP contribution in [0.25, 0.3) is 0 Å². The molecule has 2 N–H and O–H groups in total. The average Bonchev–Trinajstić information content (AvgIpc) is 2.80. The highest BCUT2D eigenvalue weighted by atomic mass is 16.3. The lowest BCUT2D eigenvalue weighted by Gasteiger charge is -2.32. The van der Waals surface area contributed by atoms with E-state index in [1.807, 2.05) is 11.6 Å². The number of fused-ring (bicyclic) bond motifs is 1. The number of aryl methyl sites for hydroxylation is 2. The molecule has 1 aliphatic carbocycles. The van der Waals surface area contributed by atoms with Crippen LogP contribution in [-0.2, 0) is 11.3 Å². The van der Waals surface area contributed by atoms with Crippen LogP contribution < -0.4 is 5.32 Å². The summed E-state index contributed by atoms with van der Waals surface area (Å²) in [6, 6.07) is -0.0698. The molecule has 1 aromatic rings. The van der Waals surface area contributed by atoms with Gasteiger partial charge in [0.25, 0.3) is 0 Å². The number of aliphatic hydroxyl groups is 1. The Bertz CT molecular complexity index is 520. The highest BCUT2D eigenvalue weighted by molar-refractivity contribution is 5.77. The minimum absolute atomic E-state index is 0.0698. The van der Waals surface area contributed by atoms with Crippen molar-refractivity contribution in [1.29, 1.82) is 0 Å². The SMILES string of the molecule is Cc1nc2n(n1)CCCC2NC(=O)CC1(O)CCCCC1. The van der Waals surface area contributed by atoms with Gasteiger partial charge in [0.1, 0.15) is 11.6 Å². The van der Waals surface area contributed by atoms with Gasteiger partial charge >= 0.3 is 0 Å². The average molecular weight is 292 g/mol. The first-order valence-electron chi connectivity index (χ1n) is 7.99. The predicted molar refractivity (Wildman–Crippen MR) is 77.5 cm³/mol. The molecule has 0 radical (unpaired) electrons. The standard InChI is InChI=1S/C15H24N4O2/c1-11-16-14-12(6-5-9-19(14)18-11)17-13(20)10-15(21)7-3-2-4-8-15/h12,21H,2-10H2,1H3,(H,17,20). The van der Waals surface area contributed by atoms with Crippen LogP contribution in [0.5, 0.6) is 0 Å². The number of aromatic nitrogens is 3. The summed E-state index contributed by atoms with van der Waals surface area (Å²) in [5.74, 6) is 1.53. The van der Waals surface area contributed by atoms with E-state index >= 15 is 0 Å². The van der Waals surface area contributed by atoms with Crippen molar-refractivity contribution >= 4 is 5.91 Å². The highest BCUT2D eigenvalue weighted by Gasteiger charge is 2.33. The molecular formula is C15H24N4O2. The Morgan fingerprint density at radius 3 is 2.90 bits per heavy atom. The van der Waals surface area contributed by atoms with E-state index < -0.39 is 5.60 Å². The van der Waals surface area contributed by atoms with Crippen molar-refractivity contribution in [3.8, 4) is 0 Å². The second-order valence-electron chi connectivity index (χ2n) is 6.46. The van der Waals surface area contributed by atoms with Crippen molar-refractivity contribution in [2.24, 2.45) is 0 Å². The minimum atomic E-state index is -0.805. The summed E-state index contributed by atoms with van der Waals surface area (Å²) < 4.78 is 1.89. The maximum Gasteiger partial charge on any atom is 0.223 e. The van der Waals surface area contributed by atoms with Crippen LogP contribution in [0.15, 0.2) is 0 Å². The fraction of sp³-hybridized carbons (Fsp3) is 0.800. The number of hydrogen-bond acceptors (Lipinski definition) is 4. The van der Waals surface area contributed by atoms with Crippen molar-refractivity contribution in [2.75, 3.05) is 0 Å². The van der Waals surface area contributed by atoms with Crippen molar-refractivity contribution in [1.82, 2.24) is 20.1 Å². The molecule has 21 heavy (non-hydrogen) atoms. The molecule has 1 amide bonds. The summed E-state index contributed by atoms with van der Waals surface area (Å²) >= 11 is 0. The molecule has 0 spiro atoms. The zero-order valence-corrected chi connectivity index (χ0v) is 12.6. The van der Waals surface area contributed by atoms with Gasteiger partial charge in [-0.25, -0.2) is 9.67 Å². The largest absolute Gasteiger partial charge is 0.389 e. The third-order valence-corrected chi connectivity index (χ3v) is 4.59. The summed E-state index contributed by atoms with van der Waals surface area (Å²) in [7, 11) is 0. The molecule has 2 aliphatic rings. The fourth-order valence-electron chi connectivity index (χ4n) is 3.54. The molecule has 116 valence electrons. The van der Waals surface area contributed by atoms with Crippen LogP contribution in [0, 0.1) is 6.92 Å². The van der Waals surface area contributed by atoms with Crippen LogP contribution in [0.1, 0.15) is 69.1 Å². The second kappa shape index (κ2) is 5.75. The Balaban J connectivity index is 1.63. The van der Waals surface area contributed by atoms with Gasteiger partial charge in [0.05, 0.1) is 18.1 Å². The molecule has 2 heterocycles. The number of rotatable bonds is 3. The zero-order chi connectivity index (χ0) is 14.9. The van der Waals surface area contributed by atoms with Gasteiger partial charge in [-0.2, -0.15) is 5.10 Å². The van der Waals surface area contributed by atoms with Crippen molar-refractivity contribution in [3.05, 3.63) is 11.6 Å². The van der Waals surface area contributed by atoms with Crippen LogP contribution in [-0.4, -0.2) is 31.4 Å². The molecule has 1 atom stereocenters. The lowest BCUT2D eigenvalue weighted by atomic mass is 9.82. The van der Waals surface area contributed by atoms with E-state index in [0.717, 1.165) is 63.1 Å². The van der Waals surface area contributed by atoms with Gasteiger partial charge in [-0.15, -0.1) is 0 Å². The number of carbonyl (C=O) groups is 1. The molecular weight excluding hydrogens is 268 g/mol. The van der Waals surface area contributed by atoms with Crippen LogP contribution in [0.2, 0.25) is 0 Å². The Kier molecular flexibility index (Phi) is 3.97. The van der Waals surface area contributed by atoms with E-state index in [9.17, 15) is 9.90 Å². The summed E-state index contributed by atoms with van der Waals surface area (Å²) in [6.07, 6.45) is 6.75. The molecule has 1 aromatic heterocycles. The fourth-order valence-corrected chi connectivity index (χ4v) is 3.54. The van der Waals surface area contributed by atoms with Crippen LogP contribution in [0.3, 0.4) is 0 Å². The summed E-state index contributed by atoms with van der Waals surface area (Å²) in [5, 5.41) is 17.9. The van der Waals surface area contributed by atoms with Gasteiger partial charge in [-0.05, 0) is 32.6 Å². The lowest BCUT2D eigenvalue weighted by molar-refractivity contribution is -0.128. The van der Waals surface area contributed by atoms with Crippen LogP contribution in [0.4, 0.5) is 0 Å². The van der Waals surface area contributed by atoms with Crippen molar-refractivity contribution in [2.45, 2.75) is 76.5 Å². The maximum absolute atomic E-state index is 12.3. The Hall–Kier alpha value is -1.43. The van der Waals surface area contributed by atoms with E-state index in [1.54, 1.807) is 0 Å². The predicted octanol–water partition coefficient (Wildman–Crippen LogP) is 1.62. The van der Waals surface area contributed by atoms with Gasteiger partial charge in [0.15, 0.2) is 0 Å². The molecule has 0 saturated heterocycles. The Labute approximate surface area is 124 Å². The number of nitrogens with zero attached hydrogens (tertiary/aromatic N) is 3. The molecule has 6 nitrogen and oxygen atoms in total. The maximum atomic E-state index is 12.3. The van der Waals surface area contributed by atoms with Crippen molar-refractivity contribution < 1.29 is 9.90 Å². The van der Waals surface area contributed by atoms with E-state index in [4.69, 9.17) is 0 Å². The number of amides is 1. The van der Waals surface area contributed by atoms with Crippen molar-refractivity contribution in [3.63, 3.8) is 0 Å². The van der Waals surface area contributed by atoms with Crippen LogP contribution >= 0.6 is 0 Å². The molecule has 6 heteroatoms. The van der Waals surface area contributed by atoms with E-state index in [1.165, 1.54) is 0 Å². The lowest BCUT2D eigenvalue weighted by Crippen LogP contribution is -2.40. The van der Waals surface area contributed by atoms with Gasteiger partial charge in [0, 0.05) is 6.54 Å². The summed E-state index contributed by atoms with van der Waals surface area (Å²) in [6.45, 7) is 2.74. The quantitative estimate of drug-likeness (QED) is 0.887. The Morgan fingerprint density at radius 1 is 1.38 bits per heavy atom. The second-order valence-corrected chi connectivity index (χ2v) is 6.46. The molecule has 0 aromatic carbocycles. The molecule has 1 aliphatic heterocycles. The third-order valence-electron chi connectivity index (χ3n) is 4.59. The third kappa shape index (κ3) is 3.26. The van der Waals surface area contributed by atoms with Gasteiger partial charge in [0.2, 0.25) is 5.91 Å². The number of hydrogen-bond donors (Lipinski definition) is 2. The first kappa shape index (κ1) is 14.5. The zero-order valence-electron chi connectivity index (χ0n) is 12.6. The first-order valence-corrected chi connectivity index (χ1v) is 7.99. The first-order chi connectivity index (χ1) is 10.1. The van der Waals surface area contributed by atoms with E-state index in [0.29, 0.717) is 0 Å². The number of carbonyl (C=O) groups excluding carboxylic acids is 1. The highest BCUT2D eigenvalue weighted by Crippen LogP contribution is 2.31. The molecule has 3 rings (SSSR count). The Morgan fingerprint density at radius 2 is 2.14 bits per heavy atom. The molecule has 1 fully saturated rings. The van der Waals surface area contributed by atoms with Gasteiger partial charge in [-0.1, -0.05) is 19.3 Å². The summed E-state index contributed by atoms with van der Waals surface area (Å²) in [5.41, 5.74) is -0.805. The van der Waals surface area contributed by atoms with E-state index in [-0.39, 0.29) is 18.4 Å². The topological polar surface area (TPSA) is 80.0 Å². The molecule has 1 saturated carbocycles. The van der Waals surface area contributed by atoms with Gasteiger partial charge in [-0.3, -0.25) is 4.79 Å². The molecule has 1 unspecified atom stereocenters. The van der Waals surface area contributed by atoms with Gasteiger partial charge < -0.3 is 10.4 Å². The smallest absolute Gasteiger partial charge is 0.223 e. The molecule has 0 bridgehead atoms. The minimum Gasteiger partial charge on any atom is -0.389 e. The number of nitrogens with one attached hydrogen (secondary N) is 1. The summed E-state index contributed by atoms with van der Waals surface area (Å²) in [4.78, 5) is 16.7. The monoisotopic (exact) mass is 292 g/mol. The normalized spacial score (nSPS) is 24.4.